The van der Waals surface area contributed by atoms with Crippen molar-refractivity contribution in [2.24, 2.45) is 0 Å². The summed E-state index contributed by atoms with van der Waals surface area (Å²) in [4.78, 5) is 24.8. The van der Waals surface area contributed by atoms with Crippen molar-refractivity contribution in [1.82, 2.24) is 0 Å². The third kappa shape index (κ3) is 3.17. The van der Waals surface area contributed by atoms with Crippen LogP contribution in [-0.4, -0.2) is 17.3 Å². The molecule has 0 aliphatic carbocycles. The van der Waals surface area contributed by atoms with Crippen molar-refractivity contribution in [1.29, 1.82) is 0 Å². The zero-order valence-electron chi connectivity index (χ0n) is 12.5. The lowest BCUT2D eigenvalue weighted by Crippen LogP contribution is -2.44. The van der Waals surface area contributed by atoms with Crippen LogP contribution in [0.25, 0.3) is 10.8 Å². The number of nitrogens with zero attached hydrogens (tertiary/aromatic N) is 1. The van der Waals surface area contributed by atoms with Crippen molar-refractivity contribution in [2.75, 3.05) is 5.75 Å². The highest BCUT2D eigenvalue weighted by atomic mass is 32.1. The van der Waals surface area contributed by atoms with Crippen LogP contribution in [0, 0.1) is 0 Å². The smallest absolute Gasteiger partial charge is 0.257 e. The molecule has 1 heterocycles. The first-order chi connectivity index (χ1) is 11.2. The molecule has 0 radical (unpaired) electrons. The zero-order chi connectivity index (χ0) is 16.2. The summed E-state index contributed by atoms with van der Waals surface area (Å²) in [7, 11) is 0. The fraction of sp³-hybridized carbons (Fsp3) is 0.105. The summed E-state index contributed by atoms with van der Waals surface area (Å²) in [6.07, 6.45) is 1.79. The Bertz CT molecular complexity index is 875. The summed E-state index contributed by atoms with van der Waals surface area (Å²) in [6, 6.07) is 18.7. The van der Waals surface area contributed by atoms with Crippen molar-refractivity contribution >= 4 is 35.0 Å². The summed E-state index contributed by atoms with van der Waals surface area (Å²) in [6.45, 7) is 0.129. The molecule has 3 nitrogen and oxygen atoms in total. The Labute approximate surface area is 140 Å². The van der Waals surface area contributed by atoms with E-state index in [9.17, 15) is 9.59 Å². The molecule has 0 amide bonds. The lowest BCUT2D eigenvalue weighted by molar-refractivity contribution is -0.683. The maximum atomic E-state index is 12.5. The number of hydrogen-bond acceptors (Lipinski definition) is 3. The summed E-state index contributed by atoms with van der Waals surface area (Å²) >= 11 is 4.11. The van der Waals surface area contributed by atoms with Crippen molar-refractivity contribution in [3.05, 3.63) is 78.1 Å². The topological polar surface area (TPSA) is 38.0 Å². The molecule has 114 valence electrons. The van der Waals surface area contributed by atoms with Crippen LogP contribution in [0.15, 0.2) is 66.9 Å². The molecule has 0 atom stereocenters. The van der Waals surface area contributed by atoms with Gasteiger partial charge in [-0.15, -0.1) is 0 Å². The number of rotatable bonds is 5. The van der Waals surface area contributed by atoms with Crippen LogP contribution in [0.3, 0.4) is 0 Å². The molecule has 0 bridgehead atoms. The molecule has 3 rings (SSSR count). The number of fused-ring (bicyclic) bond motifs is 1. The highest BCUT2D eigenvalue weighted by Gasteiger charge is 2.24. The van der Waals surface area contributed by atoms with Gasteiger partial charge >= 0.3 is 0 Å². The Morgan fingerprint density at radius 2 is 1.57 bits per heavy atom. The fourth-order valence-electron chi connectivity index (χ4n) is 2.64. The molecule has 3 aromatic rings. The first-order valence-corrected chi connectivity index (χ1v) is 7.97. The van der Waals surface area contributed by atoms with Gasteiger partial charge in [-0.25, -0.2) is 0 Å². The monoisotopic (exact) mass is 322 g/mol. The summed E-state index contributed by atoms with van der Waals surface area (Å²) in [5.74, 6) is -0.0156. The van der Waals surface area contributed by atoms with Crippen molar-refractivity contribution < 1.29 is 14.2 Å². The fourth-order valence-corrected chi connectivity index (χ4v) is 2.79. The molecule has 23 heavy (non-hydrogen) atoms. The molecule has 0 spiro atoms. The Balaban J connectivity index is 2.07. The molecule has 0 N–H and O–H groups in total. The molecule has 0 saturated heterocycles. The molecular weight excluding hydrogens is 306 g/mol. The lowest BCUT2D eigenvalue weighted by atomic mass is 10.1. The second-order valence-electron chi connectivity index (χ2n) is 5.25. The van der Waals surface area contributed by atoms with E-state index in [-0.39, 0.29) is 23.9 Å². The van der Waals surface area contributed by atoms with Crippen LogP contribution in [0.4, 0.5) is 0 Å². The van der Waals surface area contributed by atoms with Gasteiger partial charge in [0.15, 0.2) is 6.20 Å². The highest BCUT2D eigenvalue weighted by Crippen LogP contribution is 2.16. The van der Waals surface area contributed by atoms with Gasteiger partial charge in [0.1, 0.15) is 0 Å². The predicted molar refractivity (Wildman–Crippen MR) is 93.1 cm³/mol. The van der Waals surface area contributed by atoms with Crippen LogP contribution in [0.2, 0.25) is 0 Å². The number of Topliss-reactive ketones (excluding diaryl/α,β-unsaturated/α-hetero) is 2. The summed E-state index contributed by atoms with van der Waals surface area (Å²) < 4.78 is 1.72. The number of hydrogen-bond donors (Lipinski definition) is 1. The predicted octanol–water partition coefficient (Wildman–Crippen LogP) is 3.12. The third-order valence-corrected chi connectivity index (χ3v) is 4.04. The van der Waals surface area contributed by atoms with Crippen molar-refractivity contribution in [2.45, 2.75) is 6.54 Å². The number of ketones is 2. The number of benzene rings is 2. The van der Waals surface area contributed by atoms with E-state index in [1.807, 2.05) is 48.5 Å². The van der Waals surface area contributed by atoms with Gasteiger partial charge in [0, 0.05) is 11.6 Å². The average Bonchev–Trinajstić information content (AvgIpc) is 2.61. The van der Waals surface area contributed by atoms with Crippen LogP contribution < -0.4 is 4.57 Å². The second-order valence-corrected chi connectivity index (χ2v) is 5.57. The largest absolute Gasteiger partial charge is 0.287 e. The first-order valence-electron chi connectivity index (χ1n) is 7.34. The minimum Gasteiger partial charge on any atom is -0.287 e. The third-order valence-electron chi connectivity index (χ3n) is 3.75. The van der Waals surface area contributed by atoms with Crippen LogP contribution in [0.5, 0.6) is 0 Å². The van der Waals surface area contributed by atoms with E-state index in [1.54, 1.807) is 22.9 Å². The number of carbonyl (C=O) groups excluding carboxylic acids is 2. The highest BCUT2D eigenvalue weighted by molar-refractivity contribution is 7.81. The maximum Gasteiger partial charge on any atom is 0.257 e. The van der Waals surface area contributed by atoms with Gasteiger partial charge in [-0.1, -0.05) is 48.5 Å². The van der Waals surface area contributed by atoms with Gasteiger partial charge in [0.05, 0.1) is 11.1 Å². The lowest BCUT2D eigenvalue weighted by Gasteiger charge is -2.06. The van der Waals surface area contributed by atoms with E-state index in [1.165, 1.54) is 0 Å². The number of thiol groups is 1. The molecule has 0 saturated carbocycles. The Morgan fingerprint density at radius 1 is 0.870 bits per heavy atom. The van der Waals surface area contributed by atoms with Gasteiger partial charge in [-0.2, -0.15) is 17.2 Å². The number of pyridine rings is 1. The molecule has 1 aromatic heterocycles. The van der Waals surface area contributed by atoms with Crippen LogP contribution in [-0.2, 0) is 6.54 Å². The van der Waals surface area contributed by atoms with Gasteiger partial charge in [0.2, 0.25) is 18.1 Å². The molecule has 0 fully saturated rings. The standard InChI is InChI=1S/C19H15NO2S/c21-17(15-7-2-1-3-8-15)12-20-11-10-14-6-4-5-9-16(14)19(20)18(22)13-23/h1-11H,12-13H2/p+1. The first kappa shape index (κ1) is 15.4. The number of carbonyl (C=O) groups is 2. The minimum absolute atomic E-state index is 0.0286. The van der Waals surface area contributed by atoms with Crippen molar-refractivity contribution in [3.63, 3.8) is 0 Å². The Hall–Kier alpha value is -2.46. The molecule has 2 aromatic carbocycles. The molecule has 0 unspecified atom stereocenters. The summed E-state index contributed by atoms with van der Waals surface area (Å²) in [5, 5.41) is 1.82. The zero-order valence-corrected chi connectivity index (χ0v) is 13.4. The van der Waals surface area contributed by atoms with Crippen LogP contribution >= 0.6 is 12.6 Å². The molecule has 4 heteroatoms. The molecule has 0 aliphatic rings. The van der Waals surface area contributed by atoms with E-state index in [0.29, 0.717) is 11.3 Å². The maximum absolute atomic E-state index is 12.5. The van der Waals surface area contributed by atoms with Gasteiger partial charge in [-0.05, 0) is 11.5 Å². The molecular formula is C19H16NO2S+. The Kier molecular flexibility index (Phi) is 4.53. The summed E-state index contributed by atoms with van der Waals surface area (Å²) in [5.41, 5.74) is 1.17. The van der Waals surface area contributed by atoms with Crippen molar-refractivity contribution in [3.8, 4) is 0 Å². The van der Waals surface area contributed by atoms with Gasteiger partial charge in [-0.3, -0.25) is 9.59 Å². The van der Waals surface area contributed by atoms with Gasteiger partial charge < -0.3 is 0 Å². The van der Waals surface area contributed by atoms with E-state index in [0.717, 1.165) is 10.8 Å². The minimum atomic E-state index is -0.0917. The second kappa shape index (κ2) is 6.75. The van der Waals surface area contributed by atoms with E-state index >= 15 is 0 Å². The SMILES string of the molecule is O=C(C[n+]1ccc2ccccc2c1C(=O)CS)c1ccccc1. The molecule has 0 aliphatic heterocycles. The average molecular weight is 322 g/mol. The van der Waals surface area contributed by atoms with E-state index in [4.69, 9.17) is 0 Å². The Morgan fingerprint density at radius 3 is 2.30 bits per heavy atom. The van der Waals surface area contributed by atoms with E-state index < -0.39 is 0 Å². The normalized spacial score (nSPS) is 10.7. The quantitative estimate of drug-likeness (QED) is 0.445. The van der Waals surface area contributed by atoms with Gasteiger partial charge in [0.25, 0.3) is 5.69 Å². The number of aromatic nitrogens is 1. The van der Waals surface area contributed by atoms with E-state index in [2.05, 4.69) is 12.6 Å². The van der Waals surface area contributed by atoms with Crippen LogP contribution in [0.1, 0.15) is 20.8 Å².